The molecular formula is C24H23F3O7. The van der Waals surface area contributed by atoms with Gasteiger partial charge in [-0.2, -0.15) is 13.2 Å². The Kier molecular flexibility index (Phi) is 8.17. The molecule has 3 aromatic rings. The lowest BCUT2D eigenvalue weighted by atomic mass is 10.1. The summed E-state index contributed by atoms with van der Waals surface area (Å²) < 4.78 is 66.6. The van der Waals surface area contributed by atoms with Gasteiger partial charge in [0, 0.05) is 12.7 Å². The van der Waals surface area contributed by atoms with Crippen molar-refractivity contribution >= 4 is 16.9 Å². The number of rotatable bonds is 10. The fourth-order valence-corrected chi connectivity index (χ4v) is 2.98. The number of ether oxygens (including phenoxy) is 4. The molecule has 0 aliphatic heterocycles. The number of carbonyl (C=O) groups excluding carboxylic acids is 1. The number of esters is 1. The van der Waals surface area contributed by atoms with Crippen LogP contribution in [0.15, 0.2) is 51.7 Å². The highest BCUT2D eigenvalue weighted by Gasteiger charge is 2.40. The van der Waals surface area contributed by atoms with Gasteiger partial charge in [0.25, 0.3) is 5.76 Å². The van der Waals surface area contributed by atoms with E-state index < -0.39 is 35.7 Å². The van der Waals surface area contributed by atoms with Crippen LogP contribution in [0.1, 0.15) is 25.2 Å². The standard InChI is InChI=1S/C24H23F3O7/c1-3-15-5-7-16(8-6-15)33-22-21(29)18-10-9-17(13-19(18)34-23(22)24(25,26)27)32-14-20(28)31-12-11-30-4-2/h5-10,13H,3-4,11-12,14H2,1-2H3. The Balaban J connectivity index is 1.86. The first-order valence-electron chi connectivity index (χ1n) is 10.5. The Bertz CT molecular complexity index is 1180. The normalized spacial score (nSPS) is 11.4. The molecule has 0 amide bonds. The second kappa shape index (κ2) is 11.1. The van der Waals surface area contributed by atoms with E-state index in [0.717, 1.165) is 18.1 Å². The number of carbonyl (C=O) groups is 1. The summed E-state index contributed by atoms with van der Waals surface area (Å²) in [6, 6.07) is 10.0. The molecule has 1 heterocycles. The summed E-state index contributed by atoms with van der Waals surface area (Å²) in [4.78, 5) is 24.6. The van der Waals surface area contributed by atoms with Gasteiger partial charge in [-0.25, -0.2) is 4.79 Å². The molecule has 34 heavy (non-hydrogen) atoms. The van der Waals surface area contributed by atoms with Crippen LogP contribution in [0, 0.1) is 0 Å². The monoisotopic (exact) mass is 480 g/mol. The SMILES string of the molecule is CCOCCOC(=O)COc1ccc2c(=O)c(Oc3ccc(CC)cc3)c(C(F)(F)F)oc2c1. The molecule has 0 bridgehead atoms. The molecule has 2 aromatic carbocycles. The van der Waals surface area contributed by atoms with E-state index in [9.17, 15) is 22.8 Å². The largest absolute Gasteiger partial charge is 0.482 e. The average molecular weight is 480 g/mol. The summed E-state index contributed by atoms with van der Waals surface area (Å²) in [7, 11) is 0. The number of fused-ring (bicyclic) bond motifs is 1. The molecule has 0 atom stereocenters. The topological polar surface area (TPSA) is 84.2 Å². The maximum atomic E-state index is 13.7. The first-order chi connectivity index (χ1) is 16.2. The van der Waals surface area contributed by atoms with Crippen LogP contribution in [0.4, 0.5) is 13.2 Å². The van der Waals surface area contributed by atoms with E-state index >= 15 is 0 Å². The third kappa shape index (κ3) is 6.28. The molecule has 10 heteroatoms. The maximum absolute atomic E-state index is 13.7. The number of hydrogen-bond donors (Lipinski definition) is 0. The Morgan fingerprint density at radius 1 is 1.00 bits per heavy atom. The molecule has 0 spiro atoms. The van der Waals surface area contributed by atoms with E-state index in [1.807, 2.05) is 6.92 Å². The quantitative estimate of drug-likeness (QED) is 0.294. The zero-order valence-corrected chi connectivity index (χ0v) is 18.6. The zero-order chi connectivity index (χ0) is 24.7. The second-order valence-corrected chi connectivity index (χ2v) is 7.05. The van der Waals surface area contributed by atoms with Crippen molar-refractivity contribution in [1.82, 2.24) is 0 Å². The van der Waals surface area contributed by atoms with Gasteiger partial charge in [0.1, 0.15) is 23.7 Å². The van der Waals surface area contributed by atoms with Crippen LogP contribution in [0.5, 0.6) is 17.2 Å². The van der Waals surface area contributed by atoms with Crippen molar-refractivity contribution < 1.29 is 41.3 Å². The van der Waals surface area contributed by atoms with Gasteiger partial charge in [0.15, 0.2) is 6.61 Å². The van der Waals surface area contributed by atoms with E-state index in [4.69, 9.17) is 23.4 Å². The van der Waals surface area contributed by atoms with Crippen LogP contribution < -0.4 is 14.9 Å². The Hall–Kier alpha value is -3.53. The highest BCUT2D eigenvalue weighted by Crippen LogP contribution is 2.38. The molecule has 0 unspecified atom stereocenters. The van der Waals surface area contributed by atoms with Crippen molar-refractivity contribution in [3.8, 4) is 17.2 Å². The summed E-state index contributed by atoms with van der Waals surface area (Å²) in [5.41, 5.74) is -0.400. The molecule has 0 radical (unpaired) electrons. The molecule has 182 valence electrons. The van der Waals surface area contributed by atoms with Gasteiger partial charge in [0.2, 0.25) is 11.2 Å². The van der Waals surface area contributed by atoms with Crippen molar-refractivity contribution in [3.05, 3.63) is 64.0 Å². The summed E-state index contributed by atoms with van der Waals surface area (Å²) in [5.74, 6) is -3.13. The van der Waals surface area contributed by atoms with E-state index in [1.165, 1.54) is 24.3 Å². The van der Waals surface area contributed by atoms with Crippen molar-refractivity contribution in [2.45, 2.75) is 26.4 Å². The van der Waals surface area contributed by atoms with Crippen LogP contribution in [0.2, 0.25) is 0 Å². The number of halogens is 3. The van der Waals surface area contributed by atoms with Crippen LogP contribution in [0.3, 0.4) is 0 Å². The van der Waals surface area contributed by atoms with Gasteiger partial charge < -0.3 is 23.4 Å². The second-order valence-electron chi connectivity index (χ2n) is 7.05. The van der Waals surface area contributed by atoms with Crippen LogP contribution in [0.25, 0.3) is 11.0 Å². The predicted molar refractivity (Wildman–Crippen MR) is 116 cm³/mol. The fraction of sp³-hybridized carbons (Fsp3) is 0.333. The smallest absolute Gasteiger partial charge is 0.453 e. The highest BCUT2D eigenvalue weighted by atomic mass is 19.4. The molecule has 3 rings (SSSR count). The molecule has 0 N–H and O–H groups in total. The lowest BCUT2D eigenvalue weighted by molar-refractivity contribution is -0.154. The Labute approximate surface area is 193 Å². The van der Waals surface area contributed by atoms with E-state index in [0.29, 0.717) is 6.61 Å². The zero-order valence-electron chi connectivity index (χ0n) is 18.6. The molecule has 0 aliphatic rings. The van der Waals surface area contributed by atoms with Gasteiger partial charge in [-0.1, -0.05) is 19.1 Å². The highest BCUT2D eigenvalue weighted by molar-refractivity contribution is 5.80. The Morgan fingerprint density at radius 3 is 2.35 bits per heavy atom. The summed E-state index contributed by atoms with van der Waals surface area (Å²) in [5, 5.41) is -0.139. The molecule has 0 fully saturated rings. The molecule has 1 aromatic heterocycles. The lowest BCUT2D eigenvalue weighted by Crippen LogP contribution is -2.18. The molecule has 0 aliphatic carbocycles. The maximum Gasteiger partial charge on any atom is 0.453 e. The van der Waals surface area contributed by atoms with Crippen molar-refractivity contribution in [2.75, 3.05) is 26.4 Å². The number of hydrogen-bond acceptors (Lipinski definition) is 7. The van der Waals surface area contributed by atoms with Gasteiger partial charge in [-0.3, -0.25) is 4.79 Å². The number of benzene rings is 2. The fourth-order valence-electron chi connectivity index (χ4n) is 2.98. The van der Waals surface area contributed by atoms with Gasteiger partial charge >= 0.3 is 12.1 Å². The number of aryl methyl sites for hydroxylation is 1. The summed E-state index contributed by atoms with van der Waals surface area (Å²) >= 11 is 0. The van der Waals surface area contributed by atoms with E-state index in [1.54, 1.807) is 19.1 Å². The van der Waals surface area contributed by atoms with Crippen molar-refractivity contribution in [1.29, 1.82) is 0 Å². The minimum absolute atomic E-state index is 0.0226. The minimum atomic E-state index is -4.99. The van der Waals surface area contributed by atoms with Gasteiger partial charge in [-0.05, 0) is 43.2 Å². The lowest BCUT2D eigenvalue weighted by Gasteiger charge is -2.14. The third-order valence-corrected chi connectivity index (χ3v) is 4.68. The Morgan fingerprint density at radius 2 is 1.71 bits per heavy atom. The molecule has 0 saturated carbocycles. The van der Waals surface area contributed by atoms with Gasteiger partial charge in [0.05, 0.1) is 12.0 Å². The summed E-state index contributed by atoms with van der Waals surface area (Å²) in [6.07, 6.45) is -4.26. The molecular weight excluding hydrogens is 457 g/mol. The molecule has 0 saturated heterocycles. The average Bonchev–Trinajstić information content (AvgIpc) is 2.81. The van der Waals surface area contributed by atoms with Crippen LogP contribution in [-0.4, -0.2) is 32.4 Å². The van der Waals surface area contributed by atoms with E-state index in [-0.39, 0.29) is 35.7 Å². The van der Waals surface area contributed by atoms with Crippen LogP contribution in [-0.2, 0) is 26.9 Å². The van der Waals surface area contributed by atoms with E-state index in [2.05, 4.69) is 0 Å². The minimum Gasteiger partial charge on any atom is -0.482 e. The predicted octanol–water partition coefficient (Wildman–Crippen LogP) is 5.13. The van der Waals surface area contributed by atoms with Crippen molar-refractivity contribution in [3.63, 3.8) is 0 Å². The first-order valence-corrected chi connectivity index (χ1v) is 10.5. The van der Waals surface area contributed by atoms with Crippen molar-refractivity contribution in [2.24, 2.45) is 0 Å². The van der Waals surface area contributed by atoms with Crippen LogP contribution >= 0.6 is 0 Å². The third-order valence-electron chi connectivity index (χ3n) is 4.68. The number of alkyl halides is 3. The van der Waals surface area contributed by atoms with Gasteiger partial charge in [-0.15, -0.1) is 0 Å². The first kappa shape index (κ1) is 25.1. The molecule has 7 nitrogen and oxygen atoms in total. The summed E-state index contributed by atoms with van der Waals surface area (Å²) in [6.45, 7) is 4.00.